The van der Waals surface area contributed by atoms with Crippen LogP contribution in [0.15, 0.2) is 41.0 Å². The van der Waals surface area contributed by atoms with E-state index in [9.17, 15) is 5.11 Å². The van der Waals surface area contributed by atoms with Crippen molar-refractivity contribution in [3.8, 4) is 23.0 Å². The van der Waals surface area contributed by atoms with Crippen LogP contribution in [0.3, 0.4) is 0 Å². The Kier molecular flexibility index (Phi) is 13.7. The Balaban J connectivity index is 0.00000420. The molecule has 6 nitrogen and oxygen atoms in total. The molecule has 0 saturated carbocycles. The number of oxazole rings is 1. The lowest BCUT2D eigenvalue weighted by Crippen LogP contribution is -2.23. The number of phenols is 1. The van der Waals surface area contributed by atoms with Gasteiger partial charge >= 0.3 is 0 Å². The predicted octanol–water partition coefficient (Wildman–Crippen LogP) is 8.10. The normalized spacial score (nSPS) is 11.9. The zero-order valence-corrected chi connectivity index (χ0v) is 28.1. The van der Waals surface area contributed by atoms with Crippen LogP contribution in [0.25, 0.3) is 11.5 Å². The monoisotopic (exact) mass is 607 g/mol. The number of nitrogens with zero attached hydrogens (tertiary/aromatic N) is 1. The Hall–Kier alpha value is -2.25. The van der Waals surface area contributed by atoms with E-state index in [2.05, 4.69) is 98.1 Å². The summed E-state index contributed by atoms with van der Waals surface area (Å²) < 4.78 is 12.2. The lowest BCUT2D eigenvalue weighted by atomic mass is 9.78. The number of phenolic OH excluding ortho intramolecular Hbond substituents is 1. The first kappa shape index (κ1) is 36.8. The molecule has 0 atom stereocenters. The third kappa shape index (κ3) is 10.5. The number of hydrogen-bond donors (Lipinski definition) is 3. The summed E-state index contributed by atoms with van der Waals surface area (Å²) in [6.45, 7) is 23.3. The van der Waals surface area contributed by atoms with Crippen LogP contribution in [0.1, 0.15) is 97.2 Å². The maximum Gasteiger partial charge on any atom is 0.226 e. The van der Waals surface area contributed by atoms with Gasteiger partial charge in [0.25, 0.3) is 0 Å². The van der Waals surface area contributed by atoms with Gasteiger partial charge in [0.2, 0.25) is 5.89 Å². The van der Waals surface area contributed by atoms with Crippen molar-refractivity contribution < 1.29 is 14.3 Å². The molecule has 0 spiro atoms. The number of aromatic nitrogens is 1. The molecule has 1 heterocycles. The highest BCUT2D eigenvalue weighted by Gasteiger charge is 2.27. The molecule has 0 aliphatic heterocycles. The molecule has 3 N–H and O–H groups in total. The van der Waals surface area contributed by atoms with Gasteiger partial charge in [0.1, 0.15) is 17.8 Å². The molecule has 2 aromatic carbocycles. The number of hydrogen-bond acceptors (Lipinski definition) is 6. The third-order valence-corrected chi connectivity index (χ3v) is 6.68. The summed E-state index contributed by atoms with van der Waals surface area (Å²) in [6, 6.07) is 11.2. The lowest BCUT2D eigenvalue weighted by Gasteiger charge is -2.27. The van der Waals surface area contributed by atoms with E-state index in [1.165, 1.54) is 5.56 Å². The van der Waals surface area contributed by atoms with Gasteiger partial charge in [-0.25, -0.2) is 4.98 Å². The van der Waals surface area contributed by atoms with Crippen molar-refractivity contribution in [2.75, 3.05) is 6.61 Å². The summed E-state index contributed by atoms with van der Waals surface area (Å²) in [6.07, 6.45) is 2.34. The average molecular weight is 609 g/mol. The van der Waals surface area contributed by atoms with E-state index in [1.54, 1.807) is 6.26 Å². The SMILES string of the molecule is CC(C)NCc1ccc(OCCc2coc(-c3cc(C(C)(C)C)c(O)c(C(C)(C)C)c3)n2)c(CNC(C)C)c1.Cl.Cl. The molecule has 1 aromatic heterocycles. The van der Waals surface area contributed by atoms with Gasteiger partial charge in [-0.05, 0) is 40.7 Å². The quantitative estimate of drug-likeness (QED) is 0.204. The topological polar surface area (TPSA) is 79.5 Å². The van der Waals surface area contributed by atoms with E-state index < -0.39 is 0 Å². The number of ether oxygens (including phenoxy) is 1. The number of nitrogens with one attached hydrogen (secondary N) is 2. The molecule has 3 aromatic rings. The summed E-state index contributed by atoms with van der Waals surface area (Å²) >= 11 is 0. The molecule has 0 saturated heterocycles. The van der Waals surface area contributed by atoms with Crippen LogP contribution in [0, 0.1) is 0 Å². The summed E-state index contributed by atoms with van der Waals surface area (Å²) in [5, 5.41) is 18.0. The molecule has 0 fully saturated rings. The Morgan fingerprint density at radius 1 is 0.854 bits per heavy atom. The Morgan fingerprint density at radius 3 is 1.95 bits per heavy atom. The Bertz CT molecular complexity index is 1210. The highest BCUT2D eigenvalue weighted by molar-refractivity contribution is 5.85. The van der Waals surface area contributed by atoms with Crippen LogP contribution < -0.4 is 15.4 Å². The van der Waals surface area contributed by atoms with Gasteiger partial charge in [0.15, 0.2) is 0 Å². The fourth-order valence-electron chi connectivity index (χ4n) is 4.38. The molecule has 0 aliphatic rings. The fourth-order valence-corrected chi connectivity index (χ4v) is 4.38. The minimum Gasteiger partial charge on any atom is -0.507 e. The zero-order valence-electron chi connectivity index (χ0n) is 26.5. The van der Waals surface area contributed by atoms with E-state index in [-0.39, 0.29) is 35.6 Å². The first-order chi connectivity index (χ1) is 18.1. The Labute approximate surface area is 259 Å². The fraction of sp³-hybridized carbons (Fsp3) is 0.545. The number of rotatable bonds is 11. The van der Waals surface area contributed by atoms with Gasteiger partial charge in [0, 0.05) is 53.8 Å². The van der Waals surface area contributed by atoms with Crippen molar-refractivity contribution in [1.82, 2.24) is 15.6 Å². The largest absolute Gasteiger partial charge is 0.507 e. The maximum atomic E-state index is 11.0. The second-order valence-electron chi connectivity index (χ2n) is 13.2. The van der Waals surface area contributed by atoms with Crippen molar-refractivity contribution in [3.63, 3.8) is 0 Å². The second kappa shape index (κ2) is 15.3. The first-order valence-electron chi connectivity index (χ1n) is 14.2. The van der Waals surface area contributed by atoms with Gasteiger partial charge < -0.3 is 24.9 Å². The van der Waals surface area contributed by atoms with Gasteiger partial charge in [0.05, 0.1) is 12.3 Å². The van der Waals surface area contributed by atoms with Crippen LogP contribution in [0.2, 0.25) is 0 Å². The number of aromatic hydroxyl groups is 1. The van der Waals surface area contributed by atoms with Gasteiger partial charge in [-0.3, -0.25) is 0 Å². The average Bonchev–Trinajstić information content (AvgIpc) is 3.29. The molecular weight excluding hydrogens is 557 g/mol. The maximum absolute atomic E-state index is 11.0. The van der Waals surface area contributed by atoms with Crippen LogP contribution >= 0.6 is 24.8 Å². The minimum absolute atomic E-state index is 0. The third-order valence-electron chi connectivity index (χ3n) is 6.68. The highest BCUT2D eigenvalue weighted by Crippen LogP contribution is 2.41. The summed E-state index contributed by atoms with van der Waals surface area (Å²) in [5.41, 5.74) is 5.47. The van der Waals surface area contributed by atoms with Gasteiger partial charge in [-0.1, -0.05) is 75.3 Å². The van der Waals surface area contributed by atoms with Crippen molar-refractivity contribution in [1.29, 1.82) is 0 Å². The molecule has 41 heavy (non-hydrogen) atoms. The van der Waals surface area contributed by atoms with Crippen LogP contribution in [0.5, 0.6) is 11.5 Å². The summed E-state index contributed by atoms with van der Waals surface area (Å²) in [5.74, 6) is 1.81. The molecule has 0 unspecified atom stereocenters. The van der Waals surface area contributed by atoms with Crippen molar-refractivity contribution in [2.45, 2.75) is 112 Å². The Morgan fingerprint density at radius 2 is 1.41 bits per heavy atom. The van der Waals surface area contributed by atoms with E-state index in [0.717, 1.165) is 46.8 Å². The van der Waals surface area contributed by atoms with Crippen LogP contribution in [-0.4, -0.2) is 28.8 Å². The number of halogens is 2. The standard InChI is InChI=1S/C33H49N3O3.2ClH/c1-21(2)34-18-23-11-12-29(25(15-23)19-35-22(3)4)38-14-13-26-20-39-31(36-26)24-16-27(32(5,6)7)30(37)28(17-24)33(8,9)10;;/h11-12,15-17,20-22,34-35,37H,13-14,18-19H2,1-10H3;2*1H. The molecule has 230 valence electrons. The molecular formula is C33H51Cl2N3O3. The molecule has 8 heteroatoms. The smallest absolute Gasteiger partial charge is 0.226 e. The van der Waals surface area contributed by atoms with Crippen LogP contribution in [-0.2, 0) is 30.3 Å². The predicted molar refractivity (Wildman–Crippen MR) is 175 cm³/mol. The van der Waals surface area contributed by atoms with Crippen molar-refractivity contribution >= 4 is 24.8 Å². The number of benzene rings is 2. The second-order valence-corrected chi connectivity index (χ2v) is 13.2. The highest BCUT2D eigenvalue weighted by atomic mass is 35.5. The van der Waals surface area contributed by atoms with E-state index in [4.69, 9.17) is 14.1 Å². The minimum atomic E-state index is -0.216. The molecule has 0 radical (unpaired) electrons. The van der Waals surface area contributed by atoms with Crippen LogP contribution in [0.4, 0.5) is 0 Å². The summed E-state index contributed by atoms with van der Waals surface area (Å²) in [7, 11) is 0. The zero-order chi connectivity index (χ0) is 29.0. The van der Waals surface area contributed by atoms with E-state index in [1.807, 2.05) is 12.1 Å². The lowest BCUT2D eigenvalue weighted by molar-refractivity contribution is 0.315. The molecule has 0 bridgehead atoms. The molecule has 0 aliphatic carbocycles. The first-order valence-corrected chi connectivity index (χ1v) is 14.2. The van der Waals surface area contributed by atoms with Crippen molar-refractivity contribution in [3.05, 3.63) is 64.5 Å². The van der Waals surface area contributed by atoms with Gasteiger partial charge in [-0.15, -0.1) is 24.8 Å². The summed E-state index contributed by atoms with van der Waals surface area (Å²) in [4.78, 5) is 4.78. The molecule has 3 rings (SSSR count). The van der Waals surface area contributed by atoms with Crippen molar-refractivity contribution in [2.24, 2.45) is 0 Å². The molecule has 0 amide bonds. The van der Waals surface area contributed by atoms with Gasteiger partial charge in [-0.2, -0.15) is 0 Å². The van der Waals surface area contributed by atoms with E-state index >= 15 is 0 Å². The van der Waals surface area contributed by atoms with E-state index in [0.29, 0.717) is 36.8 Å².